The minimum Gasteiger partial charge on any atom is -0.467 e. The number of esters is 1. The number of hydrogen-bond acceptors (Lipinski definition) is 3. The molecule has 0 saturated carbocycles. The Bertz CT molecular complexity index is 916. The van der Waals surface area contributed by atoms with Gasteiger partial charge in [0.15, 0.2) is 0 Å². The smallest absolute Gasteiger partial charge is 0.328 e. The number of carbonyl (C=O) groups is 2. The highest BCUT2D eigenvalue weighted by Crippen LogP contribution is 2.32. The minimum atomic E-state index is -0.943. The van der Waals surface area contributed by atoms with Crippen LogP contribution in [0.1, 0.15) is 30.0 Å². The van der Waals surface area contributed by atoms with Crippen molar-refractivity contribution in [1.82, 2.24) is 5.32 Å². The molecule has 0 spiro atoms. The van der Waals surface area contributed by atoms with Crippen LogP contribution in [0.4, 0.5) is 0 Å². The number of nitrogens with one attached hydrogen (secondary N) is 1. The molecule has 0 unspecified atom stereocenters. The standard InChI is InChI=1S/C26H27NO3/c1-26(21-14-8-4-9-15-21,22-16-10-5-11-17-22)25(29)27-23(24(28)30-2)19-18-20-12-6-3-7-13-20/h3-17,23H,18-19H2,1-2H3,(H,27,29)/t23-/m1/s1. The van der Waals surface area contributed by atoms with Crippen LogP contribution in [0.25, 0.3) is 0 Å². The van der Waals surface area contributed by atoms with Gasteiger partial charge in [-0.05, 0) is 36.5 Å². The Morgan fingerprint density at radius 3 is 1.77 bits per heavy atom. The number of hydrogen-bond donors (Lipinski definition) is 1. The fraction of sp³-hybridized carbons (Fsp3) is 0.231. The first-order valence-electron chi connectivity index (χ1n) is 10.1. The summed E-state index contributed by atoms with van der Waals surface area (Å²) in [5.41, 5.74) is 1.89. The van der Waals surface area contributed by atoms with E-state index in [-0.39, 0.29) is 5.91 Å². The first-order valence-corrected chi connectivity index (χ1v) is 10.1. The van der Waals surface area contributed by atoms with E-state index in [1.165, 1.54) is 7.11 Å². The zero-order chi connectivity index (χ0) is 21.4. The van der Waals surface area contributed by atoms with E-state index in [4.69, 9.17) is 4.74 Å². The molecule has 0 heterocycles. The Labute approximate surface area is 177 Å². The molecule has 0 aliphatic carbocycles. The van der Waals surface area contributed by atoms with Crippen molar-refractivity contribution in [3.05, 3.63) is 108 Å². The molecule has 1 amide bonds. The molecule has 1 N–H and O–H groups in total. The maximum atomic E-state index is 13.6. The van der Waals surface area contributed by atoms with Crippen LogP contribution >= 0.6 is 0 Å². The Hall–Kier alpha value is -3.40. The second-order valence-corrected chi connectivity index (χ2v) is 7.43. The molecule has 3 aromatic rings. The number of benzene rings is 3. The molecule has 3 aromatic carbocycles. The lowest BCUT2D eigenvalue weighted by atomic mass is 9.75. The Balaban J connectivity index is 1.88. The largest absolute Gasteiger partial charge is 0.467 e. The number of carbonyl (C=O) groups excluding carboxylic acids is 2. The topological polar surface area (TPSA) is 55.4 Å². The average Bonchev–Trinajstić information content (AvgIpc) is 2.82. The second kappa shape index (κ2) is 9.88. The summed E-state index contributed by atoms with van der Waals surface area (Å²) < 4.78 is 4.97. The first-order chi connectivity index (χ1) is 14.6. The van der Waals surface area contributed by atoms with Crippen molar-refractivity contribution in [3.63, 3.8) is 0 Å². The predicted molar refractivity (Wildman–Crippen MR) is 118 cm³/mol. The monoisotopic (exact) mass is 401 g/mol. The van der Waals surface area contributed by atoms with Crippen LogP contribution in [0.5, 0.6) is 0 Å². The zero-order valence-corrected chi connectivity index (χ0v) is 17.4. The van der Waals surface area contributed by atoms with Crippen LogP contribution in [0.15, 0.2) is 91.0 Å². The summed E-state index contributed by atoms with van der Waals surface area (Å²) in [7, 11) is 1.34. The molecule has 0 aliphatic rings. The summed E-state index contributed by atoms with van der Waals surface area (Å²) in [5, 5.41) is 2.96. The van der Waals surface area contributed by atoms with Gasteiger partial charge in [-0.25, -0.2) is 4.79 Å². The molecule has 0 bridgehead atoms. The summed E-state index contributed by atoms with van der Waals surface area (Å²) >= 11 is 0. The second-order valence-electron chi connectivity index (χ2n) is 7.43. The van der Waals surface area contributed by atoms with Gasteiger partial charge in [0, 0.05) is 0 Å². The average molecular weight is 402 g/mol. The zero-order valence-electron chi connectivity index (χ0n) is 17.4. The van der Waals surface area contributed by atoms with E-state index in [0.717, 1.165) is 16.7 Å². The fourth-order valence-corrected chi connectivity index (χ4v) is 3.62. The van der Waals surface area contributed by atoms with E-state index >= 15 is 0 Å². The van der Waals surface area contributed by atoms with Crippen LogP contribution in [0, 0.1) is 0 Å². The third-order valence-corrected chi connectivity index (χ3v) is 5.51. The predicted octanol–water partition coefficient (Wildman–Crippen LogP) is 4.28. The van der Waals surface area contributed by atoms with Crippen molar-refractivity contribution in [3.8, 4) is 0 Å². The molecule has 4 nitrogen and oxygen atoms in total. The summed E-state index contributed by atoms with van der Waals surface area (Å²) in [6, 6.07) is 28.4. The van der Waals surface area contributed by atoms with Gasteiger partial charge in [0.2, 0.25) is 5.91 Å². The lowest BCUT2D eigenvalue weighted by Crippen LogP contribution is -2.50. The summed E-state index contributed by atoms with van der Waals surface area (Å²) in [4.78, 5) is 26.0. The van der Waals surface area contributed by atoms with E-state index in [1.807, 2.05) is 97.9 Å². The Kier molecular flexibility index (Phi) is 7.02. The van der Waals surface area contributed by atoms with E-state index in [2.05, 4.69) is 5.32 Å². The fourth-order valence-electron chi connectivity index (χ4n) is 3.62. The first kappa shape index (κ1) is 21.3. The summed E-state index contributed by atoms with van der Waals surface area (Å²) in [5.74, 6) is -0.675. The maximum Gasteiger partial charge on any atom is 0.328 e. The number of rotatable bonds is 8. The van der Waals surface area contributed by atoms with Gasteiger partial charge in [-0.1, -0.05) is 91.0 Å². The van der Waals surface area contributed by atoms with Crippen molar-refractivity contribution < 1.29 is 14.3 Å². The molecule has 30 heavy (non-hydrogen) atoms. The minimum absolute atomic E-state index is 0.233. The highest BCUT2D eigenvalue weighted by molar-refractivity contribution is 5.94. The summed E-state index contributed by atoms with van der Waals surface area (Å²) in [6.07, 6.45) is 1.12. The molecule has 0 aliphatic heterocycles. The lowest BCUT2D eigenvalue weighted by Gasteiger charge is -2.31. The summed E-state index contributed by atoms with van der Waals surface area (Å²) in [6.45, 7) is 1.89. The SMILES string of the molecule is COC(=O)[C@@H](CCc1ccccc1)NC(=O)C(C)(c1ccccc1)c1ccccc1. The van der Waals surface area contributed by atoms with Crippen molar-refractivity contribution in [1.29, 1.82) is 0 Å². The highest BCUT2D eigenvalue weighted by atomic mass is 16.5. The highest BCUT2D eigenvalue weighted by Gasteiger charge is 2.39. The van der Waals surface area contributed by atoms with Crippen LogP contribution in [0.2, 0.25) is 0 Å². The number of amides is 1. The maximum absolute atomic E-state index is 13.6. The van der Waals surface area contributed by atoms with Crippen molar-refractivity contribution in [2.24, 2.45) is 0 Å². The third-order valence-electron chi connectivity index (χ3n) is 5.51. The molecule has 4 heteroatoms. The van der Waals surface area contributed by atoms with Gasteiger partial charge in [0.25, 0.3) is 0 Å². The van der Waals surface area contributed by atoms with Crippen LogP contribution in [0.3, 0.4) is 0 Å². The Morgan fingerprint density at radius 1 is 0.833 bits per heavy atom. The van der Waals surface area contributed by atoms with Gasteiger partial charge in [-0.2, -0.15) is 0 Å². The third kappa shape index (κ3) is 4.77. The number of aryl methyl sites for hydroxylation is 1. The molecule has 0 radical (unpaired) electrons. The number of ether oxygens (including phenoxy) is 1. The van der Waals surface area contributed by atoms with Crippen molar-refractivity contribution in [2.45, 2.75) is 31.2 Å². The van der Waals surface area contributed by atoms with Gasteiger partial charge in [-0.3, -0.25) is 4.79 Å². The van der Waals surface area contributed by atoms with E-state index in [9.17, 15) is 9.59 Å². The van der Waals surface area contributed by atoms with E-state index in [1.54, 1.807) is 0 Å². The van der Waals surface area contributed by atoms with Crippen molar-refractivity contribution >= 4 is 11.9 Å². The van der Waals surface area contributed by atoms with Gasteiger partial charge < -0.3 is 10.1 Å². The molecule has 1 atom stereocenters. The molecule has 0 saturated heterocycles. The van der Waals surface area contributed by atoms with Crippen LogP contribution < -0.4 is 5.32 Å². The van der Waals surface area contributed by atoms with Gasteiger partial charge in [0.05, 0.1) is 12.5 Å². The van der Waals surface area contributed by atoms with E-state index < -0.39 is 17.4 Å². The molecule has 0 fully saturated rings. The normalized spacial score (nSPS) is 12.1. The quantitative estimate of drug-likeness (QED) is 0.573. The molecular weight excluding hydrogens is 374 g/mol. The molecule has 154 valence electrons. The van der Waals surface area contributed by atoms with Crippen molar-refractivity contribution in [2.75, 3.05) is 7.11 Å². The van der Waals surface area contributed by atoms with Crippen LogP contribution in [-0.4, -0.2) is 25.0 Å². The molecule has 3 rings (SSSR count). The van der Waals surface area contributed by atoms with Gasteiger partial charge >= 0.3 is 5.97 Å². The van der Waals surface area contributed by atoms with E-state index in [0.29, 0.717) is 12.8 Å². The van der Waals surface area contributed by atoms with Gasteiger partial charge in [0.1, 0.15) is 6.04 Å². The van der Waals surface area contributed by atoms with Crippen LogP contribution in [-0.2, 0) is 26.2 Å². The Morgan fingerprint density at radius 2 is 1.30 bits per heavy atom. The lowest BCUT2D eigenvalue weighted by molar-refractivity contribution is -0.145. The molecular formula is C26H27NO3. The number of methoxy groups -OCH3 is 1. The molecule has 0 aromatic heterocycles. The van der Waals surface area contributed by atoms with Gasteiger partial charge in [-0.15, -0.1) is 0 Å².